The second kappa shape index (κ2) is 4.51. The molecule has 1 heterocycles. The number of nitrogens with one attached hydrogen (secondary N) is 2. The van der Waals surface area contributed by atoms with Crippen LogP contribution in [0.2, 0.25) is 0 Å². The number of aromatic amines is 1. The molecule has 20 heavy (non-hydrogen) atoms. The Kier molecular flexibility index (Phi) is 3.04. The highest BCUT2D eigenvalue weighted by Crippen LogP contribution is 2.35. The van der Waals surface area contributed by atoms with E-state index in [1.54, 1.807) is 6.92 Å². The molecule has 2 aliphatic rings. The molecule has 0 aromatic carbocycles. The largest absolute Gasteiger partial charge is 0.393 e. The Bertz CT molecular complexity index is 542. The lowest BCUT2D eigenvalue weighted by Gasteiger charge is -2.21. The molecule has 1 aromatic rings. The first-order chi connectivity index (χ1) is 9.37. The molecule has 0 saturated heterocycles. The fourth-order valence-corrected chi connectivity index (χ4v) is 2.79. The molecule has 2 aliphatic carbocycles. The topological polar surface area (TPSA) is 78.0 Å². The van der Waals surface area contributed by atoms with E-state index in [-0.39, 0.29) is 30.5 Å². The van der Waals surface area contributed by atoms with Gasteiger partial charge in [0.15, 0.2) is 5.69 Å². The number of rotatable bonds is 3. The van der Waals surface area contributed by atoms with Crippen LogP contribution in [0.3, 0.4) is 0 Å². The number of fused-ring (bicyclic) bond motifs is 1. The maximum atomic E-state index is 13.4. The number of halogens is 2. The van der Waals surface area contributed by atoms with Gasteiger partial charge in [-0.05, 0) is 19.8 Å². The summed E-state index contributed by atoms with van der Waals surface area (Å²) in [4.78, 5) is 12.1. The van der Waals surface area contributed by atoms with Crippen LogP contribution in [0.4, 0.5) is 8.78 Å². The van der Waals surface area contributed by atoms with Gasteiger partial charge in [0.25, 0.3) is 11.8 Å². The second-order valence-electron chi connectivity index (χ2n) is 5.78. The van der Waals surface area contributed by atoms with Gasteiger partial charge in [0.05, 0.1) is 6.10 Å². The maximum absolute atomic E-state index is 13.4. The van der Waals surface area contributed by atoms with E-state index in [9.17, 15) is 18.7 Å². The average molecular weight is 285 g/mol. The zero-order chi connectivity index (χ0) is 14.5. The number of nitrogens with zero attached hydrogens (tertiary/aromatic N) is 1. The molecule has 1 aromatic heterocycles. The first-order valence-electron chi connectivity index (χ1n) is 6.80. The summed E-state index contributed by atoms with van der Waals surface area (Å²) in [7, 11) is 0. The number of hydrogen-bond donors (Lipinski definition) is 3. The van der Waals surface area contributed by atoms with Crippen molar-refractivity contribution in [3.05, 3.63) is 17.0 Å². The first-order valence-corrected chi connectivity index (χ1v) is 6.80. The number of amides is 1. The molecule has 1 saturated carbocycles. The van der Waals surface area contributed by atoms with Crippen molar-refractivity contribution in [2.45, 2.75) is 50.7 Å². The van der Waals surface area contributed by atoms with Gasteiger partial charge in [0, 0.05) is 36.1 Å². The van der Waals surface area contributed by atoms with Crippen molar-refractivity contribution in [2.75, 3.05) is 0 Å². The molecular weight excluding hydrogens is 268 g/mol. The van der Waals surface area contributed by atoms with Gasteiger partial charge in [-0.3, -0.25) is 9.89 Å². The van der Waals surface area contributed by atoms with Gasteiger partial charge in [0.2, 0.25) is 0 Å². The standard InChI is InChI=1S/C13H17F2N3O2/c1-6(19)7-4-10(7)16-12(20)11-8-5-13(14,15)3-2-9(8)17-18-11/h6-7,10,19H,2-5H2,1H3,(H,16,20)(H,17,18)/t6?,7-,10+/m0/s1. The summed E-state index contributed by atoms with van der Waals surface area (Å²) in [6.07, 6.45) is -0.200. The van der Waals surface area contributed by atoms with Gasteiger partial charge in [-0.1, -0.05) is 0 Å². The number of carbonyl (C=O) groups is 1. The van der Waals surface area contributed by atoms with E-state index < -0.39 is 24.4 Å². The predicted molar refractivity (Wildman–Crippen MR) is 66.6 cm³/mol. The number of alkyl halides is 2. The lowest BCUT2D eigenvalue weighted by atomic mass is 9.92. The van der Waals surface area contributed by atoms with Crippen molar-refractivity contribution in [3.63, 3.8) is 0 Å². The van der Waals surface area contributed by atoms with Gasteiger partial charge < -0.3 is 10.4 Å². The highest BCUT2D eigenvalue weighted by Gasteiger charge is 2.43. The number of H-pyrrole nitrogens is 1. The van der Waals surface area contributed by atoms with E-state index in [4.69, 9.17) is 0 Å². The third kappa shape index (κ3) is 2.42. The minimum absolute atomic E-state index is 0.0511. The number of aromatic nitrogens is 2. The molecule has 3 rings (SSSR count). The van der Waals surface area contributed by atoms with Crippen LogP contribution in [0.1, 0.15) is 41.5 Å². The van der Waals surface area contributed by atoms with Gasteiger partial charge in [0.1, 0.15) is 0 Å². The van der Waals surface area contributed by atoms with Crippen LogP contribution in [-0.4, -0.2) is 39.3 Å². The summed E-state index contributed by atoms with van der Waals surface area (Å²) in [6, 6.07) is -0.0843. The second-order valence-corrected chi connectivity index (χ2v) is 5.78. The van der Waals surface area contributed by atoms with Crippen LogP contribution in [-0.2, 0) is 12.8 Å². The Morgan fingerprint density at radius 2 is 2.35 bits per heavy atom. The molecule has 0 radical (unpaired) electrons. The number of hydrogen-bond acceptors (Lipinski definition) is 3. The highest BCUT2D eigenvalue weighted by atomic mass is 19.3. The van der Waals surface area contributed by atoms with Crippen molar-refractivity contribution in [1.29, 1.82) is 0 Å². The molecule has 0 aliphatic heterocycles. The summed E-state index contributed by atoms with van der Waals surface area (Å²) in [5.41, 5.74) is 1.02. The zero-order valence-electron chi connectivity index (χ0n) is 11.1. The molecule has 5 nitrogen and oxygen atoms in total. The fourth-order valence-electron chi connectivity index (χ4n) is 2.79. The Hall–Kier alpha value is -1.50. The third-order valence-corrected chi connectivity index (χ3v) is 4.12. The molecule has 1 unspecified atom stereocenters. The number of aryl methyl sites for hydroxylation is 1. The molecule has 110 valence electrons. The minimum Gasteiger partial charge on any atom is -0.393 e. The van der Waals surface area contributed by atoms with Gasteiger partial charge in [-0.2, -0.15) is 5.10 Å². The van der Waals surface area contributed by atoms with Crippen molar-refractivity contribution < 1.29 is 18.7 Å². The molecule has 1 fully saturated rings. The summed E-state index contributed by atoms with van der Waals surface area (Å²) in [5, 5.41) is 18.7. The Balaban J connectivity index is 1.72. The van der Waals surface area contributed by atoms with Gasteiger partial charge in [-0.25, -0.2) is 8.78 Å². The molecular formula is C13H17F2N3O2. The predicted octanol–water partition coefficient (Wildman–Crippen LogP) is 1.03. The van der Waals surface area contributed by atoms with Crippen LogP contribution >= 0.6 is 0 Å². The molecule has 0 bridgehead atoms. The van der Waals surface area contributed by atoms with Crippen molar-refractivity contribution in [3.8, 4) is 0 Å². The highest BCUT2D eigenvalue weighted by molar-refractivity contribution is 5.94. The molecule has 1 amide bonds. The Labute approximate surface area is 114 Å². The van der Waals surface area contributed by atoms with Crippen LogP contribution in [0, 0.1) is 5.92 Å². The van der Waals surface area contributed by atoms with Crippen molar-refractivity contribution in [2.24, 2.45) is 5.92 Å². The molecule has 0 spiro atoms. The fraction of sp³-hybridized carbons (Fsp3) is 0.692. The van der Waals surface area contributed by atoms with Gasteiger partial charge >= 0.3 is 0 Å². The Morgan fingerprint density at radius 1 is 1.60 bits per heavy atom. The lowest BCUT2D eigenvalue weighted by molar-refractivity contribution is -0.0125. The van der Waals surface area contributed by atoms with Crippen molar-refractivity contribution >= 4 is 5.91 Å². The average Bonchev–Trinajstić information content (AvgIpc) is 2.99. The normalized spacial score (nSPS) is 28.6. The number of aliphatic hydroxyl groups is 1. The minimum atomic E-state index is -2.77. The summed E-state index contributed by atoms with van der Waals surface area (Å²) in [5.74, 6) is -3.16. The van der Waals surface area contributed by atoms with E-state index >= 15 is 0 Å². The van der Waals surface area contributed by atoms with Crippen LogP contribution < -0.4 is 5.32 Å². The zero-order valence-corrected chi connectivity index (χ0v) is 11.1. The summed E-state index contributed by atoms with van der Waals surface area (Å²) >= 11 is 0. The number of aliphatic hydroxyl groups excluding tert-OH is 1. The van der Waals surface area contributed by atoms with Crippen LogP contribution in [0.5, 0.6) is 0 Å². The van der Waals surface area contributed by atoms with E-state index in [1.807, 2.05) is 0 Å². The summed E-state index contributed by atoms with van der Waals surface area (Å²) < 4.78 is 26.9. The summed E-state index contributed by atoms with van der Waals surface area (Å²) in [6.45, 7) is 1.67. The van der Waals surface area contributed by atoms with Gasteiger partial charge in [-0.15, -0.1) is 0 Å². The SMILES string of the molecule is CC(O)[C@@H]1C[C@H]1NC(=O)c1n[nH]c2c1CC(F)(F)CC2. The van der Waals surface area contributed by atoms with E-state index in [0.29, 0.717) is 17.7 Å². The Morgan fingerprint density at radius 3 is 3.00 bits per heavy atom. The van der Waals surface area contributed by atoms with Crippen LogP contribution in [0.25, 0.3) is 0 Å². The van der Waals surface area contributed by atoms with Crippen LogP contribution in [0.15, 0.2) is 0 Å². The molecule has 7 heteroatoms. The maximum Gasteiger partial charge on any atom is 0.272 e. The van der Waals surface area contributed by atoms with E-state index in [2.05, 4.69) is 15.5 Å². The van der Waals surface area contributed by atoms with Crippen molar-refractivity contribution in [1.82, 2.24) is 15.5 Å². The third-order valence-electron chi connectivity index (χ3n) is 4.12. The van der Waals surface area contributed by atoms with E-state index in [0.717, 1.165) is 0 Å². The molecule has 3 N–H and O–H groups in total. The quantitative estimate of drug-likeness (QED) is 0.776. The number of carbonyl (C=O) groups excluding carboxylic acids is 1. The smallest absolute Gasteiger partial charge is 0.272 e. The first kappa shape index (κ1) is 13.5. The van der Waals surface area contributed by atoms with E-state index in [1.165, 1.54) is 0 Å². The lowest BCUT2D eigenvalue weighted by Crippen LogP contribution is -2.31. The monoisotopic (exact) mass is 285 g/mol. The molecule has 3 atom stereocenters.